The van der Waals surface area contributed by atoms with Crippen LogP contribution in [-0.2, 0) is 20.8 Å². The van der Waals surface area contributed by atoms with Gasteiger partial charge in [-0.25, -0.2) is 0 Å². The average molecular weight is 398 g/mol. The number of ether oxygens (including phenoxy) is 1. The molecule has 8 heteroatoms. The fourth-order valence-electron chi connectivity index (χ4n) is 3.51. The molecule has 0 N–H and O–H groups in total. The van der Waals surface area contributed by atoms with Crippen molar-refractivity contribution in [2.75, 3.05) is 19.7 Å². The molecule has 4 rings (SSSR count). The summed E-state index contributed by atoms with van der Waals surface area (Å²) in [6.07, 6.45) is 4.76. The third-order valence-corrected chi connectivity index (χ3v) is 5.23. The maximum absolute atomic E-state index is 12.6. The molecule has 1 aromatic heterocycles. The number of hydrogen-bond donors (Lipinski definition) is 0. The maximum Gasteiger partial charge on any atom is 0.227 e. The van der Waals surface area contributed by atoms with Crippen LogP contribution in [0.25, 0.3) is 11.4 Å². The zero-order valence-electron chi connectivity index (χ0n) is 16.7. The first kappa shape index (κ1) is 19.6. The Morgan fingerprint density at radius 2 is 2.03 bits per heavy atom. The first-order valence-corrected chi connectivity index (χ1v) is 10.2. The van der Waals surface area contributed by atoms with E-state index >= 15 is 0 Å². The van der Waals surface area contributed by atoms with Crippen molar-refractivity contribution >= 4 is 11.6 Å². The molecule has 0 bridgehead atoms. The first-order valence-electron chi connectivity index (χ1n) is 10.2. The van der Waals surface area contributed by atoms with Crippen LogP contribution in [0.2, 0.25) is 0 Å². The summed E-state index contributed by atoms with van der Waals surface area (Å²) < 4.78 is 10.5. The van der Waals surface area contributed by atoms with Crippen molar-refractivity contribution in [2.24, 2.45) is 5.16 Å². The van der Waals surface area contributed by atoms with E-state index in [9.17, 15) is 4.79 Å². The lowest BCUT2D eigenvalue weighted by molar-refractivity contribution is -0.162. The number of carbonyl (C=O) groups excluding carboxylic acids is 1. The molecule has 1 unspecified atom stereocenters. The second kappa shape index (κ2) is 9.17. The van der Waals surface area contributed by atoms with Gasteiger partial charge in [0.1, 0.15) is 0 Å². The van der Waals surface area contributed by atoms with Gasteiger partial charge in [-0.15, -0.1) is 0 Å². The smallest absolute Gasteiger partial charge is 0.227 e. The highest BCUT2D eigenvalue weighted by molar-refractivity contribution is 5.87. The third-order valence-electron chi connectivity index (χ3n) is 5.23. The van der Waals surface area contributed by atoms with Gasteiger partial charge in [0.15, 0.2) is 0 Å². The fourth-order valence-corrected chi connectivity index (χ4v) is 3.51. The lowest BCUT2D eigenvalue weighted by atomic mass is 10.1. The summed E-state index contributed by atoms with van der Waals surface area (Å²) in [7, 11) is 0. The van der Waals surface area contributed by atoms with Crippen LogP contribution < -0.4 is 0 Å². The standard InChI is InChI=1S/C21H26N4O4/c1-15-22-21(24-28-15)17-7-5-16(6-8-17)14-19(26)25-11-9-18(10-12-25)23-29-20-4-2-3-13-27-20/h5-8,20H,2-4,9-14H2,1H3. The van der Waals surface area contributed by atoms with Gasteiger partial charge in [0, 0.05) is 44.8 Å². The number of benzene rings is 1. The number of amides is 1. The molecule has 3 heterocycles. The van der Waals surface area contributed by atoms with Crippen molar-refractivity contribution < 1.29 is 18.9 Å². The van der Waals surface area contributed by atoms with Crippen molar-refractivity contribution in [3.05, 3.63) is 35.7 Å². The number of oxime groups is 1. The van der Waals surface area contributed by atoms with E-state index in [1.807, 2.05) is 29.2 Å². The number of hydrogen-bond acceptors (Lipinski definition) is 7. The Kier molecular flexibility index (Phi) is 6.19. The zero-order chi connectivity index (χ0) is 20.1. The molecule has 2 saturated heterocycles. The van der Waals surface area contributed by atoms with E-state index in [0.717, 1.165) is 55.5 Å². The first-order chi connectivity index (χ1) is 14.2. The minimum Gasteiger partial charge on any atom is -0.364 e. The maximum atomic E-state index is 12.6. The predicted molar refractivity (Wildman–Crippen MR) is 106 cm³/mol. The van der Waals surface area contributed by atoms with E-state index < -0.39 is 0 Å². The highest BCUT2D eigenvalue weighted by Gasteiger charge is 2.21. The minimum atomic E-state index is -0.213. The predicted octanol–water partition coefficient (Wildman–Crippen LogP) is 3.11. The molecule has 2 aromatic rings. The molecule has 0 radical (unpaired) electrons. The highest BCUT2D eigenvalue weighted by Crippen LogP contribution is 2.18. The van der Waals surface area contributed by atoms with Gasteiger partial charge in [-0.1, -0.05) is 34.6 Å². The summed E-state index contributed by atoms with van der Waals surface area (Å²) in [5.41, 5.74) is 2.85. The fraction of sp³-hybridized carbons (Fsp3) is 0.524. The molecule has 2 fully saturated rings. The molecule has 0 spiro atoms. The van der Waals surface area contributed by atoms with Crippen LogP contribution in [-0.4, -0.2) is 52.6 Å². The second-order valence-electron chi connectivity index (χ2n) is 7.45. The van der Waals surface area contributed by atoms with Crippen LogP contribution in [0.1, 0.15) is 43.6 Å². The number of aryl methyl sites for hydroxylation is 1. The van der Waals surface area contributed by atoms with Gasteiger partial charge in [0.2, 0.25) is 23.9 Å². The SMILES string of the molecule is Cc1nc(-c2ccc(CC(=O)N3CCC(=NOC4CCCCO4)CC3)cc2)no1. The molecule has 8 nitrogen and oxygen atoms in total. The number of aromatic nitrogens is 2. The number of rotatable bonds is 5. The van der Waals surface area contributed by atoms with Crippen molar-refractivity contribution in [3.8, 4) is 11.4 Å². The number of carbonyl (C=O) groups is 1. The molecule has 2 aliphatic heterocycles. The normalized spacial score (nSPS) is 19.8. The molecule has 29 heavy (non-hydrogen) atoms. The van der Waals surface area contributed by atoms with Crippen molar-refractivity contribution in [2.45, 2.75) is 51.7 Å². The van der Waals surface area contributed by atoms with E-state index in [1.165, 1.54) is 0 Å². The molecular weight excluding hydrogens is 372 g/mol. The summed E-state index contributed by atoms with van der Waals surface area (Å²) in [6, 6.07) is 7.71. The third kappa shape index (κ3) is 5.20. The van der Waals surface area contributed by atoms with Gasteiger partial charge >= 0.3 is 0 Å². The van der Waals surface area contributed by atoms with Crippen molar-refractivity contribution in [1.29, 1.82) is 0 Å². The molecule has 2 aliphatic rings. The summed E-state index contributed by atoms with van der Waals surface area (Å²) in [5, 5.41) is 8.17. The van der Waals surface area contributed by atoms with Crippen LogP contribution in [0.15, 0.2) is 33.9 Å². The van der Waals surface area contributed by atoms with Crippen LogP contribution >= 0.6 is 0 Å². The van der Waals surface area contributed by atoms with Crippen LogP contribution in [0, 0.1) is 6.92 Å². The Morgan fingerprint density at radius 1 is 1.24 bits per heavy atom. The lowest BCUT2D eigenvalue weighted by Gasteiger charge is -2.28. The van der Waals surface area contributed by atoms with Gasteiger partial charge in [0.25, 0.3) is 0 Å². The molecule has 0 saturated carbocycles. The Morgan fingerprint density at radius 3 is 2.69 bits per heavy atom. The Bertz CT molecular complexity index is 846. The number of likely N-dealkylation sites (tertiary alicyclic amines) is 1. The topological polar surface area (TPSA) is 90.1 Å². The van der Waals surface area contributed by atoms with Gasteiger partial charge in [-0.3, -0.25) is 4.79 Å². The van der Waals surface area contributed by atoms with Crippen LogP contribution in [0.4, 0.5) is 0 Å². The van der Waals surface area contributed by atoms with E-state index in [1.54, 1.807) is 6.92 Å². The molecule has 1 atom stereocenters. The van der Waals surface area contributed by atoms with E-state index in [-0.39, 0.29) is 12.2 Å². The second-order valence-corrected chi connectivity index (χ2v) is 7.45. The monoisotopic (exact) mass is 398 g/mol. The largest absolute Gasteiger partial charge is 0.364 e. The Labute approximate surface area is 169 Å². The Hall–Kier alpha value is -2.74. The molecule has 0 aliphatic carbocycles. The van der Waals surface area contributed by atoms with E-state index in [0.29, 0.717) is 31.2 Å². The van der Waals surface area contributed by atoms with Crippen molar-refractivity contribution in [3.63, 3.8) is 0 Å². The van der Waals surface area contributed by atoms with Gasteiger partial charge in [-0.2, -0.15) is 4.98 Å². The quantitative estimate of drug-likeness (QED) is 0.719. The molecule has 154 valence electrons. The summed E-state index contributed by atoms with van der Waals surface area (Å²) in [5.74, 6) is 1.22. The zero-order valence-corrected chi connectivity index (χ0v) is 16.7. The van der Waals surface area contributed by atoms with Crippen LogP contribution in [0.3, 0.4) is 0 Å². The van der Waals surface area contributed by atoms with Crippen molar-refractivity contribution in [1.82, 2.24) is 15.0 Å². The summed E-state index contributed by atoms with van der Waals surface area (Å²) in [4.78, 5) is 24.3. The van der Waals surface area contributed by atoms with Gasteiger partial charge in [-0.05, 0) is 18.4 Å². The summed E-state index contributed by atoms with van der Waals surface area (Å²) in [6.45, 7) is 3.85. The number of piperidine rings is 1. The molecular formula is C21H26N4O4. The van der Waals surface area contributed by atoms with Gasteiger partial charge < -0.3 is 19.0 Å². The number of nitrogens with zero attached hydrogens (tertiary/aromatic N) is 4. The molecule has 1 aromatic carbocycles. The molecule has 1 amide bonds. The summed E-state index contributed by atoms with van der Waals surface area (Å²) >= 11 is 0. The average Bonchev–Trinajstić information content (AvgIpc) is 3.20. The van der Waals surface area contributed by atoms with Gasteiger partial charge in [0.05, 0.1) is 18.7 Å². The van der Waals surface area contributed by atoms with E-state index in [4.69, 9.17) is 14.1 Å². The van der Waals surface area contributed by atoms with Crippen LogP contribution in [0.5, 0.6) is 0 Å². The Balaban J connectivity index is 1.25. The van der Waals surface area contributed by atoms with E-state index in [2.05, 4.69) is 15.3 Å². The minimum absolute atomic E-state index is 0.128. The lowest BCUT2D eigenvalue weighted by Crippen LogP contribution is -2.39. The highest BCUT2D eigenvalue weighted by atomic mass is 16.8.